The van der Waals surface area contributed by atoms with Crippen LogP contribution in [0.4, 0.5) is 0 Å². The summed E-state index contributed by atoms with van der Waals surface area (Å²) in [6.07, 6.45) is 14.8. The van der Waals surface area contributed by atoms with E-state index in [1.807, 2.05) is 19.9 Å². The van der Waals surface area contributed by atoms with E-state index in [9.17, 15) is 0 Å². The van der Waals surface area contributed by atoms with Crippen LogP contribution in [-0.2, 0) is 6.42 Å². The van der Waals surface area contributed by atoms with E-state index in [1.54, 1.807) is 0 Å². The van der Waals surface area contributed by atoms with Crippen LogP contribution in [0.1, 0.15) is 146 Å². The fourth-order valence-electron chi connectivity index (χ4n) is 9.55. The predicted octanol–water partition coefficient (Wildman–Crippen LogP) is 23.5. The molecule has 0 unspecified atom stereocenters. The summed E-state index contributed by atoms with van der Waals surface area (Å²) in [6.45, 7) is 31.4. The monoisotopic (exact) mass is 1020 g/mol. The summed E-state index contributed by atoms with van der Waals surface area (Å²) in [5.41, 5.74) is 20.7. The number of aryl methyl sites for hydroxylation is 5. The van der Waals surface area contributed by atoms with E-state index in [0.717, 1.165) is 30.6 Å². The van der Waals surface area contributed by atoms with Crippen LogP contribution in [0.15, 0.2) is 193 Å². The van der Waals surface area contributed by atoms with Gasteiger partial charge in [-0.3, -0.25) is 0 Å². The van der Waals surface area contributed by atoms with Crippen molar-refractivity contribution in [1.29, 1.82) is 0 Å². The third-order valence-corrected chi connectivity index (χ3v) is 14.3. The molecule has 398 valence electrons. The Hall–Kier alpha value is -7.42. The Balaban J connectivity index is 0.000000167. The van der Waals surface area contributed by atoms with Crippen LogP contribution < -0.4 is 0 Å². The Morgan fingerprint density at radius 1 is 0.506 bits per heavy atom. The fraction of sp³-hybridized carbons (Fsp3) is 0.280. The highest BCUT2D eigenvalue weighted by Crippen LogP contribution is 2.40. The highest BCUT2D eigenvalue weighted by molar-refractivity contribution is 6.23. The molecule has 77 heavy (non-hydrogen) atoms. The fourth-order valence-corrected chi connectivity index (χ4v) is 9.55. The van der Waals surface area contributed by atoms with E-state index < -0.39 is 0 Å². The van der Waals surface area contributed by atoms with Crippen LogP contribution in [0.3, 0.4) is 0 Å². The van der Waals surface area contributed by atoms with Crippen molar-refractivity contribution >= 4 is 55.1 Å². The molecule has 0 atom stereocenters. The van der Waals surface area contributed by atoms with E-state index in [4.69, 9.17) is 4.42 Å². The van der Waals surface area contributed by atoms with Gasteiger partial charge in [-0.25, -0.2) is 0 Å². The SMILES string of the molecule is C=CCC.CC.CCCC.CCCC.Cc1ccc(-c2ccc3oc4c(c3c2)C=CCC4)cc1.Cc1cccc2c3cccc4c5ccccc5n(c12)c43.Cc1ccccc1-c1cc(-c2ccc(C(C)C)cc2)ccc1C. The minimum atomic E-state index is 0.574. The summed E-state index contributed by atoms with van der Waals surface area (Å²) >= 11 is 0. The van der Waals surface area contributed by atoms with Crippen molar-refractivity contribution in [2.24, 2.45) is 0 Å². The van der Waals surface area contributed by atoms with Crippen molar-refractivity contribution in [2.45, 2.75) is 141 Å². The first-order valence-electron chi connectivity index (χ1n) is 28.8. The Morgan fingerprint density at radius 2 is 1.01 bits per heavy atom. The molecule has 1 aliphatic carbocycles. The highest BCUT2D eigenvalue weighted by Gasteiger charge is 2.18. The molecule has 2 nitrogen and oxygen atoms in total. The maximum absolute atomic E-state index is 5.95. The van der Waals surface area contributed by atoms with E-state index in [-0.39, 0.29) is 0 Å². The predicted molar refractivity (Wildman–Crippen MR) is 343 cm³/mol. The van der Waals surface area contributed by atoms with Gasteiger partial charge in [0.05, 0.1) is 16.6 Å². The normalized spacial score (nSPS) is 11.2. The summed E-state index contributed by atoms with van der Waals surface area (Å²) in [6, 6.07) is 61.4. The lowest BCUT2D eigenvalue weighted by atomic mass is 9.92. The molecule has 0 bridgehead atoms. The first kappa shape index (κ1) is 58.8. The minimum absolute atomic E-state index is 0.574. The smallest absolute Gasteiger partial charge is 0.134 e. The summed E-state index contributed by atoms with van der Waals surface area (Å²) in [5, 5.41) is 6.65. The van der Waals surface area contributed by atoms with Gasteiger partial charge in [-0.05, 0) is 126 Å². The van der Waals surface area contributed by atoms with Crippen LogP contribution in [0.5, 0.6) is 0 Å². The van der Waals surface area contributed by atoms with Crippen LogP contribution in [0.2, 0.25) is 0 Å². The summed E-state index contributed by atoms with van der Waals surface area (Å²) in [5.74, 6) is 1.70. The maximum Gasteiger partial charge on any atom is 0.134 e. The molecule has 0 fully saturated rings. The second kappa shape index (κ2) is 29.2. The Bertz CT molecular complexity index is 3590. The van der Waals surface area contributed by atoms with Crippen molar-refractivity contribution in [3.05, 3.63) is 228 Å². The van der Waals surface area contributed by atoms with E-state index >= 15 is 0 Å². The third-order valence-electron chi connectivity index (χ3n) is 14.3. The number of hydrogen-bond acceptors (Lipinski definition) is 1. The number of allylic oxidation sites excluding steroid dienone is 2. The topological polar surface area (TPSA) is 17.6 Å². The van der Waals surface area contributed by atoms with Gasteiger partial charge in [-0.2, -0.15) is 0 Å². The lowest BCUT2D eigenvalue weighted by molar-refractivity contribution is 0.546. The lowest BCUT2D eigenvalue weighted by Gasteiger charge is -2.13. The van der Waals surface area contributed by atoms with E-state index in [0.29, 0.717) is 5.92 Å². The van der Waals surface area contributed by atoms with Gasteiger partial charge in [0.25, 0.3) is 0 Å². The molecule has 0 N–H and O–H groups in total. The second-order valence-corrected chi connectivity index (χ2v) is 20.3. The zero-order chi connectivity index (χ0) is 55.4. The van der Waals surface area contributed by atoms with Gasteiger partial charge in [0.2, 0.25) is 0 Å². The quantitative estimate of drug-likeness (QED) is 0.145. The average Bonchev–Trinajstić information content (AvgIpc) is 4.32. The number of para-hydroxylation sites is 3. The van der Waals surface area contributed by atoms with Crippen LogP contribution >= 0.6 is 0 Å². The molecule has 12 rings (SSSR count). The van der Waals surface area contributed by atoms with Crippen LogP contribution in [0.25, 0.3) is 88.5 Å². The molecular weight excluding hydrogens is 931 g/mol. The second-order valence-electron chi connectivity index (χ2n) is 20.3. The zero-order valence-electron chi connectivity index (χ0n) is 49.0. The largest absolute Gasteiger partial charge is 0.460 e. The molecule has 0 spiro atoms. The zero-order valence-corrected chi connectivity index (χ0v) is 49.0. The molecule has 0 aliphatic heterocycles. The van der Waals surface area contributed by atoms with Crippen molar-refractivity contribution in [3.63, 3.8) is 0 Å². The molecular formula is C75H87NO. The van der Waals surface area contributed by atoms with Gasteiger partial charge in [0.15, 0.2) is 0 Å². The van der Waals surface area contributed by atoms with Crippen molar-refractivity contribution < 1.29 is 4.42 Å². The molecule has 8 aromatic carbocycles. The Kier molecular flexibility index (Phi) is 22.3. The first-order chi connectivity index (χ1) is 37.5. The number of fused-ring (bicyclic) bond motifs is 9. The number of aromatic nitrogens is 1. The molecule has 3 heterocycles. The Morgan fingerprint density at radius 3 is 1.64 bits per heavy atom. The van der Waals surface area contributed by atoms with Gasteiger partial charge in [-0.1, -0.05) is 257 Å². The molecule has 1 aliphatic rings. The summed E-state index contributed by atoms with van der Waals surface area (Å²) < 4.78 is 8.38. The minimum Gasteiger partial charge on any atom is -0.460 e. The van der Waals surface area contributed by atoms with Crippen LogP contribution in [-0.4, -0.2) is 4.40 Å². The standard InChI is InChI=1S/C23H24.C19H13N.C19H16O.2C4H10.C4H8.C2H6/c1-16(2)19-11-13-20(14-12-19)21-10-9-18(4)23(15-21)22-8-6-5-7-17(22)3;1-12-6-4-8-15-16-10-5-9-14-13-7-2-3-11-17(13)20(18(12)15)19(14)16;1-13-6-8-14(9-7-13)15-10-11-19-17(12-15)16-4-2-3-5-18(16)20-19;3*1-3-4-2;1-2/h5-16H,1-4H3;2-11H,1H3;2,4,6-12H,3,5H2,1H3;2*3-4H2,1-2H3;3H,1,4H2,2H3;1-2H3. The van der Waals surface area contributed by atoms with Crippen molar-refractivity contribution in [2.75, 3.05) is 0 Å². The first-order valence-corrected chi connectivity index (χ1v) is 28.8. The molecule has 3 aromatic heterocycles. The number of furan rings is 1. The molecule has 11 aromatic rings. The number of hydrogen-bond donors (Lipinski definition) is 0. The van der Waals surface area contributed by atoms with Crippen molar-refractivity contribution in [3.8, 4) is 33.4 Å². The molecule has 0 saturated carbocycles. The molecule has 0 saturated heterocycles. The number of rotatable bonds is 7. The van der Waals surface area contributed by atoms with E-state index in [1.165, 1.54) is 136 Å². The number of benzene rings is 8. The summed E-state index contributed by atoms with van der Waals surface area (Å²) in [4.78, 5) is 0. The molecule has 0 radical (unpaired) electrons. The average molecular weight is 1020 g/mol. The van der Waals surface area contributed by atoms with Gasteiger partial charge in [0.1, 0.15) is 11.3 Å². The molecule has 2 heteroatoms. The highest BCUT2D eigenvalue weighted by atomic mass is 16.3. The summed E-state index contributed by atoms with van der Waals surface area (Å²) in [7, 11) is 0. The van der Waals surface area contributed by atoms with Gasteiger partial charge in [0, 0.05) is 38.9 Å². The lowest BCUT2D eigenvalue weighted by Crippen LogP contribution is -1.90. The van der Waals surface area contributed by atoms with Gasteiger partial charge >= 0.3 is 0 Å². The third kappa shape index (κ3) is 14.1. The number of unbranched alkanes of at least 4 members (excludes halogenated alkanes) is 2. The van der Waals surface area contributed by atoms with Crippen LogP contribution in [0, 0.1) is 27.7 Å². The molecule has 0 amide bonds. The maximum atomic E-state index is 5.95. The van der Waals surface area contributed by atoms with Gasteiger partial charge in [-0.15, -0.1) is 6.58 Å². The number of nitrogens with zero attached hydrogens (tertiary/aromatic N) is 1. The van der Waals surface area contributed by atoms with Crippen molar-refractivity contribution in [1.82, 2.24) is 4.40 Å². The van der Waals surface area contributed by atoms with Gasteiger partial charge < -0.3 is 8.82 Å². The van der Waals surface area contributed by atoms with E-state index in [2.05, 4.69) is 269 Å². The Labute approximate surface area is 463 Å².